The molecule has 148 valence electrons. The molecular formula is C21H25N3O4. The predicted molar refractivity (Wildman–Crippen MR) is 107 cm³/mol. The van der Waals surface area contributed by atoms with Crippen LogP contribution in [0.25, 0.3) is 0 Å². The Bertz CT molecular complexity index is 851. The highest BCUT2D eigenvalue weighted by molar-refractivity contribution is 6.01. The molecule has 0 saturated heterocycles. The summed E-state index contributed by atoms with van der Waals surface area (Å²) in [5.41, 5.74) is 1.98. The van der Waals surface area contributed by atoms with Crippen LogP contribution in [0.1, 0.15) is 29.8 Å². The molecule has 2 rings (SSSR count). The quantitative estimate of drug-likeness (QED) is 0.651. The molecule has 0 aliphatic heterocycles. The molecule has 0 unspecified atom stereocenters. The van der Waals surface area contributed by atoms with Crippen molar-refractivity contribution in [3.8, 4) is 5.75 Å². The van der Waals surface area contributed by atoms with Crippen molar-refractivity contribution in [2.45, 2.75) is 26.8 Å². The lowest BCUT2D eigenvalue weighted by atomic mass is 10.1. The summed E-state index contributed by atoms with van der Waals surface area (Å²) < 4.78 is 5.40. The number of carbonyl (C=O) groups is 3. The molecule has 2 aromatic carbocycles. The van der Waals surface area contributed by atoms with E-state index in [1.54, 1.807) is 49.4 Å². The number of benzene rings is 2. The third-order valence-corrected chi connectivity index (χ3v) is 3.87. The van der Waals surface area contributed by atoms with Crippen molar-refractivity contribution in [1.82, 2.24) is 10.6 Å². The largest absolute Gasteiger partial charge is 0.484 e. The van der Waals surface area contributed by atoms with Crippen LogP contribution in [0, 0.1) is 6.92 Å². The summed E-state index contributed by atoms with van der Waals surface area (Å²) in [7, 11) is 0. The molecule has 0 aliphatic carbocycles. The summed E-state index contributed by atoms with van der Waals surface area (Å²) in [6.07, 6.45) is 0. The molecule has 7 nitrogen and oxygen atoms in total. The van der Waals surface area contributed by atoms with Crippen LogP contribution in [0.4, 0.5) is 5.69 Å². The Morgan fingerprint density at radius 1 is 1.07 bits per heavy atom. The maximum absolute atomic E-state index is 12.4. The van der Waals surface area contributed by atoms with Gasteiger partial charge in [-0.05, 0) is 45.0 Å². The van der Waals surface area contributed by atoms with Crippen LogP contribution in [0.3, 0.4) is 0 Å². The molecule has 3 N–H and O–H groups in total. The van der Waals surface area contributed by atoms with Crippen LogP contribution >= 0.6 is 0 Å². The number of hydrogen-bond acceptors (Lipinski definition) is 4. The van der Waals surface area contributed by atoms with Crippen molar-refractivity contribution in [3.05, 3.63) is 59.7 Å². The average Bonchev–Trinajstić information content (AvgIpc) is 2.67. The lowest BCUT2D eigenvalue weighted by molar-refractivity contribution is -0.123. The second kappa shape index (κ2) is 10.1. The van der Waals surface area contributed by atoms with Gasteiger partial charge < -0.3 is 20.7 Å². The summed E-state index contributed by atoms with van der Waals surface area (Å²) >= 11 is 0. The van der Waals surface area contributed by atoms with Gasteiger partial charge in [0.2, 0.25) is 5.91 Å². The smallest absolute Gasteiger partial charge is 0.257 e. The lowest BCUT2D eigenvalue weighted by Crippen LogP contribution is -2.41. The molecule has 0 radical (unpaired) electrons. The zero-order chi connectivity index (χ0) is 20.5. The van der Waals surface area contributed by atoms with Crippen molar-refractivity contribution >= 4 is 23.4 Å². The normalized spacial score (nSPS) is 11.2. The van der Waals surface area contributed by atoms with Crippen molar-refractivity contribution in [2.75, 3.05) is 18.5 Å². The summed E-state index contributed by atoms with van der Waals surface area (Å²) in [4.78, 5) is 36.1. The third-order valence-electron chi connectivity index (χ3n) is 3.87. The number of likely N-dealkylation sites (N-methyl/N-ethyl adjacent to an activating group) is 1. The fourth-order valence-corrected chi connectivity index (χ4v) is 2.44. The summed E-state index contributed by atoms with van der Waals surface area (Å²) in [6, 6.07) is 13.1. The summed E-state index contributed by atoms with van der Waals surface area (Å²) in [5, 5.41) is 8.04. The molecule has 7 heteroatoms. The molecular weight excluding hydrogens is 358 g/mol. The molecule has 0 aromatic heterocycles. The number of ether oxygens (including phenoxy) is 1. The van der Waals surface area contributed by atoms with Gasteiger partial charge in [0, 0.05) is 23.9 Å². The fourth-order valence-electron chi connectivity index (χ4n) is 2.44. The monoisotopic (exact) mass is 383 g/mol. The van der Waals surface area contributed by atoms with Crippen LogP contribution in [-0.2, 0) is 9.59 Å². The van der Waals surface area contributed by atoms with Crippen molar-refractivity contribution in [3.63, 3.8) is 0 Å². The highest BCUT2D eigenvalue weighted by Crippen LogP contribution is 2.17. The first kappa shape index (κ1) is 21.0. The Hall–Kier alpha value is -3.35. The number of hydrogen-bond donors (Lipinski definition) is 3. The zero-order valence-electron chi connectivity index (χ0n) is 16.2. The van der Waals surface area contributed by atoms with Crippen molar-refractivity contribution < 1.29 is 19.1 Å². The Morgan fingerprint density at radius 2 is 1.82 bits per heavy atom. The molecule has 0 saturated carbocycles. The third kappa shape index (κ3) is 6.42. The number of anilines is 1. The summed E-state index contributed by atoms with van der Waals surface area (Å²) in [6.45, 7) is 5.76. The maximum Gasteiger partial charge on any atom is 0.257 e. The minimum absolute atomic E-state index is 0.103. The van der Waals surface area contributed by atoms with Gasteiger partial charge in [0.05, 0.1) is 0 Å². The van der Waals surface area contributed by atoms with Gasteiger partial charge in [-0.15, -0.1) is 0 Å². The van der Waals surface area contributed by atoms with Gasteiger partial charge in [-0.2, -0.15) is 0 Å². The van der Waals surface area contributed by atoms with Gasteiger partial charge in [-0.1, -0.05) is 23.8 Å². The lowest BCUT2D eigenvalue weighted by Gasteiger charge is -2.15. The van der Waals surface area contributed by atoms with Crippen LogP contribution in [-0.4, -0.2) is 36.9 Å². The van der Waals surface area contributed by atoms with E-state index < -0.39 is 6.04 Å². The Kier molecular flexibility index (Phi) is 7.56. The average molecular weight is 383 g/mol. The molecule has 1 atom stereocenters. The Balaban J connectivity index is 1.91. The second-order valence-electron chi connectivity index (χ2n) is 6.32. The van der Waals surface area contributed by atoms with Gasteiger partial charge in [-0.3, -0.25) is 14.4 Å². The molecule has 3 amide bonds. The Labute approximate surface area is 164 Å². The van der Waals surface area contributed by atoms with Gasteiger partial charge in [-0.25, -0.2) is 0 Å². The number of nitrogens with one attached hydrogen (secondary N) is 3. The second-order valence-corrected chi connectivity index (χ2v) is 6.32. The minimum Gasteiger partial charge on any atom is -0.484 e. The molecule has 0 bridgehead atoms. The van der Waals surface area contributed by atoms with Crippen molar-refractivity contribution in [2.24, 2.45) is 0 Å². The van der Waals surface area contributed by atoms with Crippen molar-refractivity contribution in [1.29, 1.82) is 0 Å². The molecule has 0 aliphatic rings. The van der Waals surface area contributed by atoms with E-state index >= 15 is 0 Å². The van der Waals surface area contributed by atoms with Crippen LogP contribution in [0.15, 0.2) is 48.5 Å². The van der Waals surface area contributed by atoms with E-state index in [-0.39, 0.29) is 24.3 Å². The van der Waals surface area contributed by atoms with E-state index in [1.165, 1.54) is 0 Å². The van der Waals surface area contributed by atoms with Crippen LogP contribution in [0.2, 0.25) is 0 Å². The minimum atomic E-state index is -0.729. The molecule has 0 heterocycles. The molecule has 0 fully saturated rings. The highest BCUT2D eigenvalue weighted by atomic mass is 16.5. The molecule has 2 aromatic rings. The molecule has 28 heavy (non-hydrogen) atoms. The maximum atomic E-state index is 12.4. The predicted octanol–water partition coefficient (Wildman–Crippen LogP) is 2.27. The highest BCUT2D eigenvalue weighted by Gasteiger charge is 2.17. The van der Waals surface area contributed by atoms with Gasteiger partial charge >= 0.3 is 0 Å². The Morgan fingerprint density at radius 3 is 2.54 bits per heavy atom. The first-order chi connectivity index (χ1) is 13.4. The van der Waals surface area contributed by atoms with E-state index in [2.05, 4.69) is 16.0 Å². The van der Waals surface area contributed by atoms with Gasteiger partial charge in [0.25, 0.3) is 11.8 Å². The number of amides is 3. The SMILES string of the molecule is CCNC(=O)COc1cccc(NC(=O)[C@@H](C)NC(=O)c2cccc(C)c2)c1. The number of carbonyl (C=O) groups excluding carboxylic acids is 3. The zero-order valence-corrected chi connectivity index (χ0v) is 16.2. The standard InChI is InChI=1S/C21H25N3O4/c1-4-22-19(25)13-28-18-10-6-9-17(12-18)24-20(26)15(3)23-21(27)16-8-5-7-14(2)11-16/h5-12,15H,4,13H2,1-3H3,(H,22,25)(H,23,27)(H,24,26)/t15-/m1/s1. The van der Waals surface area contributed by atoms with E-state index in [0.717, 1.165) is 5.56 Å². The summed E-state index contributed by atoms with van der Waals surface area (Å²) in [5.74, 6) is -0.433. The van der Waals surface area contributed by atoms with Gasteiger partial charge in [0.1, 0.15) is 11.8 Å². The topological polar surface area (TPSA) is 96.5 Å². The van der Waals surface area contributed by atoms with Gasteiger partial charge in [0.15, 0.2) is 6.61 Å². The number of rotatable bonds is 8. The van der Waals surface area contributed by atoms with E-state index in [0.29, 0.717) is 23.5 Å². The van der Waals surface area contributed by atoms with Crippen LogP contribution < -0.4 is 20.7 Å². The first-order valence-electron chi connectivity index (χ1n) is 9.07. The van der Waals surface area contributed by atoms with E-state index in [9.17, 15) is 14.4 Å². The fraction of sp³-hybridized carbons (Fsp3) is 0.286. The molecule has 0 spiro atoms. The van der Waals surface area contributed by atoms with E-state index in [1.807, 2.05) is 19.9 Å². The van der Waals surface area contributed by atoms with Crippen LogP contribution in [0.5, 0.6) is 5.75 Å². The van der Waals surface area contributed by atoms with E-state index in [4.69, 9.17) is 4.74 Å². The number of aryl methyl sites for hydroxylation is 1. The first-order valence-corrected chi connectivity index (χ1v) is 9.07.